The van der Waals surface area contributed by atoms with E-state index >= 15 is 0 Å². The van der Waals surface area contributed by atoms with Gasteiger partial charge in [-0.1, -0.05) is 143 Å². The highest BCUT2D eigenvalue weighted by atomic mass is 16.1. The summed E-state index contributed by atoms with van der Waals surface area (Å²) in [6, 6.07) is 0. The van der Waals surface area contributed by atoms with Gasteiger partial charge < -0.3 is 0 Å². The Balaban J connectivity index is 2.50. The van der Waals surface area contributed by atoms with Crippen LogP contribution in [0.5, 0.6) is 0 Å². The van der Waals surface area contributed by atoms with Gasteiger partial charge in [0.1, 0.15) is 0 Å². The van der Waals surface area contributed by atoms with E-state index in [2.05, 4.69) is 143 Å². The first kappa shape index (κ1) is 33.1. The lowest BCUT2D eigenvalue weighted by Gasteiger charge is -2.57. The number of fused-ring (bicyclic) bond motifs is 1. The molecule has 0 unspecified atom stereocenters. The number of Topliss-reactive ketones (excluding diaryl/α,β-unsaturated/α-hetero) is 2. The molecule has 0 amide bonds. The lowest BCUT2D eigenvalue weighted by molar-refractivity contribution is -0.129. The standard InChI is InChI=1S/C38H62O2/c1-30(2,3)24-19-36(33(10,11)12,20-25(28(24)39)31(4,5)6)23-37(34(13,14)15)21-26(32(7,8)9)29(40)38(22-27(37)38)35(16,17)18/h19-21,27H,22-23H2,1-18H3/t27-,37+,38+/m0/s1. The topological polar surface area (TPSA) is 34.1 Å². The summed E-state index contributed by atoms with van der Waals surface area (Å²) in [7, 11) is 0. The van der Waals surface area contributed by atoms with E-state index in [1.54, 1.807) is 0 Å². The van der Waals surface area contributed by atoms with E-state index in [1.165, 1.54) is 0 Å². The molecule has 3 aliphatic carbocycles. The number of hydrogen-bond acceptors (Lipinski definition) is 2. The lowest BCUT2D eigenvalue weighted by atomic mass is 9.46. The maximum absolute atomic E-state index is 14.4. The largest absolute Gasteiger partial charge is 0.294 e. The molecule has 0 aromatic carbocycles. The predicted molar refractivity (Wildman–Crippen MR) is 171 cm³/mol. The molecular weight excluding hydrogens is 488 g/mol. The fraction of sp³-hybridized carbons (Fsp3) is 0.789. The van der Waals surface area contributed by atoms with Gasteiger partial charge in [0.15, 0.2) is 11.6 Å². The van der Waals surface area contributed by atoms with Crippen LogP contribution in [0.15, 0.2) is 34.9 Å². The zero-order valence-corrected chi connectivity index (χ0v) is 29.5. The third-order valence-corrected chi connectivity index (χ3v) is 11.1. The summed E-state index contributed by atoms with van der Waals surface area (Å²) in [6.07, 6.45) is 9.03. The van der Waals surface area contributed by atoms with Gasteiger partial charge in [-0.25, -0.2) is 0 Å². The van der Waals surface area contributed by atoms with E-state index in [1.807, 2.05) is 0 Å². The van der Waals surface area contributed by atoms with Crippen molar-refractivity contribution < 1.29 is 9.59 Å². The first-order valence-electron chi connectivity index (χ1n) is 15.7. The quantitative estimate of drug-likeness (QED) is 0.343. The summed E-state index contributed by atoms with van der Waals surface area (Å²) in [5, 5.41) is 0. The Morgan fingerprint density at radius 3 is 1.27 bits per heavy atom. The minimum Gasteiger partial charge on any atom is -0.294 e. The third kappa shape index (κ3) is 4.86. The fourth-order valence-electron chi connectivity index (χ4n) is 7.94. The maximum Gasteiger partial charge on any atom is 0.185 e. The lowest BCUT2D eigenvalue weighted by Crippen LogP contribution is -2.52. The van der Waals surface area contributed by atoms with Crippen LogP contribution in [0.1, 0.15) is 137 Å². The summed E-state index contributed by atoms with van der Waals surface area (Å²) in [4.78, 5) is 28.5. The second-order valence-corrected chi connectivity index (χ2v) is 19.8. The van der Waals surface area contributed by atoms with E-state index < -0.39 is 0 Å². The molecule has 1 fully saturated rings. The Morgan fingerprint density at radius 2 is 0.975 bits per heavy atom. The summed E-state index contributed by atoms with van der Waals surface area (Å²) in [5.74, 6) is 0.844. The highest BCUT2D eigenvalue weighted by Gasteiger charge is 2.76. The van der Waals surface area contributed by atoms with Gasteiger partial charge in [0.2, 0.25) is 0 Å². The van der Waals surface area contributed by atoms with Crippen LogP contribution in [-0.4, -0.2) is 11.6 Å². The van der Waals surface area contributed by atoms with Gasteiger partial charge in [0, 0.05) is 22.0 Å². The molecule has 40 heavy (non-hydrogen) atoms. The van der Waals surface area contributed by atoms with Gasteiger partial charge in [-0.2, -0.15) is 0 Å². The van der Waals surface area contributed by atoms with Crippen molar-refractivity contribution in [3.8, 4) is 0 Å². The van der Waals surface area contributed by atoms with E-state index in [-0.39, 0.29) is 60.4 Å². The molecular formula is C38H62O2. The molecule has 0 bridgehead atoms. The summed E-state index contributed by atoms with van der Waals surface area (Å²) >= 11 is 0. The van der Waals surface area contributed by atoms with Crippen LogP contribution >= 0.6 is 0 Å². The smallest absolute Gasteiger partial charge is 0.185 e. The van der Waals surface area contributed by atoms with Crippen molar-refractivity contribution in [3.05, 3.63) is 34.9 Å². The summed E-state index contributed by atoms with van der Waals surface area (Å²) in [5.41, 5.74) is 0.802. The van der Waals surface area contributed by atoms with Gasteiger partial charge in [-0.05, 0) is 62.2 Å². The number of hydrogen-bond donors (Lipinski definition) is 0. The molecule has 1 saturated carbocycles. The van der Waals surface area contributed by atoms with Crippen LogP contribution in [0.25, 0.3) is 0 Å². The van der Waals surface area contributed by atoms with Crippen LogP contribution in [0.4, 0.5) is 0 Å². The Morgan fingerprint density at radius 1 is 0.575 bits per heavy atom. The number of carbonyl (C=O) groups is 2. The van der Waals surface area contributed by atoms with Gasteiger partial charge in [0.05, 0.1) is 0 Å². The molecule has 2 nitrogen and oxygen atoms in total. The van der Waals surface area contributed by atoms with Crippen molar-refractivity contribution in [1.82, 2.24) is 0 Å². The van der Waals surface area contributed by atoms with Gasteiger partial charge in [-0.15, -0.1) is 0 Å². The molecule has 0 N–H and O–H groups in total. The van der Waals surface area contributed by atoms with Crippen molar-refractivity contribution in [2.24, 2.45) is 54.7 Å². The van der Waals surface area contributed by atoms with Crippen LogP contribution in [0, 0.1) is 54.7 Å². The molecule has 226 valence electrons. The highest BCUT2D eigenvalue weighted by Crippen LogP contribution is 2.79. The minimum atomic E-state index is -0.356. The average molecular weight is 551 g/mol. The van der Waals surface area contributed by atoms with Crippen LogP contribution in [0.3, 0.4) is 0 Å². The second-order valence-electron chi connectivity index (χ2n) is 19.8. The molecule has 0 aromatic heterocycles. The van der Waals surface area contributed by atoms with Crippen molar-refractivity contribution in [2.75, 3.05) is 0 Å². The Kier molecular flexibility index (Phi) is 7.27. The normalized spacial score (nSPS) is 29.9. The molecule has 3 rings (SSSR count). The molecule has 0 aromatic rings. The highest BCUT2D eigenvalue weighted by molar-refractivity contribution is 6.11. The molecule has 0 saturated heterocycles. The Labute approximate surface area is 247 Å². The number of rotatable bonds is 2. The SMILES string of the molecule is CC(C)(C)C1=CC(C[C@]2(C(C)(C)C)C=C(C(C)(C)C)C(=O)[C@@]3(C(C)(C)C)C[C@H]32)(C(C)(C)C)C=C(C(C)(C)C)C1=O. The van der Waals surface area contributed by atoms with Crippen LogP contribution in [-0.2, 0) is 9.59 Å². The first-order chi connectivity index (χ1) is 17.4. The van der Waals surface area contributed by atoms with Crippen molar-refractivity contribution in [2.45, 2.75) is 137 Å². The van der Waals surface area contributed by atoms with Crippen LogP contribution < -0.4 is 0 Å². The van der Waals surface area contributed by atoms with Crippen molar-refractivity contribution in [1.29, 1.82) is 0 Å². The number of ketones is 2. The summed E-state index contributed by atoms with van der Waals surface area (Å²) < 4.78 is 0. The molecule has 0 radical (unpaired) electrons. The zero-order chi connectivity index (χ0) is 31.5. The Bertz CT molecular complexity index is 1140. The molecule has 3 aliphatic rings. The van der Waals surface area contributed by atoms with Gasteiger partial charge in [-0.3, -0.25) is 9.59 Å². The number of carbonyl (C=O) groups excluding carboxylic acids is 2. The first-order valence-corrected chi connectivity index (χ1v) is 15.7. The molecule has 0 heterocycles. The molecule has 2 heteroatoms. The van der Waals surface area contributed by atoms with E-state index in [4.69, 9.17) is 0 Å². The molecule has 0 spiro atoms. The second kappa shape index (κ2) is 8.79. The number of allylic oxidation sites excluding steroid dienone is 6. The van der Waals surface area contributed by atoms with Gasteiger partial charge >= 0.3 is 0 Å². The predicted octanol–water partition coefficient (Wildman–Crippen LogP) is 10.6. The fourth-order valence-corrected chi connectivity index (χ4v) is 7.94. The summed E-state index contributed by atoms with van der Waals surface area (Å²) in [6.45, 7) is 40.7. The monoisotopic (exact) mass is 550 g/mol. The third-order valence-electron chi connectivity index (χ3n) is 11.1. The molecule has 3 atom stereocenters. The van der Waals surface area contributed by atoms with E-state index in [9.17, 15) is 9.59 Å². The van der Waals surface area contributed by atoms with E-state index in [0.717, 1.165) is 29.6 Å². The van der Waals surface area contributed by atoms with Gasteiger partial charge in [0.25, 0.3) is 0 Å². The maximum atomic E-state index is 14.4. The molecule has 0 aliphatic heterocycles. The minimum absolute atomic E-state index is 0.0902. The van der Waals surface area contributed by atoms with Crippen molar-refractivity contribution in [3.63, 3.8) is 0 Å². The average Bonchev–Trinajstić information content (AvgIpc) is 3.45. The van der Waals surface area contributed by atoms with Crippen molar-refractivity contribution >= 4 is 11.6 Å². The van der Waals surface area contributed by atoms with Crippen LogP contribution in [0.2, 0.25) is 0 Å². The zero-order valence-electron chi connectivity index (χ0n) is 29.5. The Hall–Kier alpha value is -1.44. The van der Waals surface area contributed by atoms with E-state index in [0.29, 0.717) is 5.78 Å².